The highest BCUT2D eigenvalue weighted by Crippen LogP contribution is 2.33. The van der Waals surface area contributed by atoms with Crippen LogP contribution in [0.4, 0.5) is 13.2 Å². The molecule has 17 heavy (non-hydrogen) atoms. The fourth-order valence-corrected chi connectivity index (χ4v) is 1.76. The smallest absolute Gasteiger partial charge is 0.391 e. The third-order valence-corrected chi connectivity index (χ3v) is 2.61. The minimum absolute atomic E-state index is 0. The van der Waals surface area contributed by atoms with Gasteiger partial charge in [0.2, 0.25) is 0 Å². The maximum absolute atomic E-state index is 12.5. The summed E-state index contributed by atoms with van der Waals surface area (Å²) in [6.45, 7) is 1.43. The Morgan fingerprint density at radius 3 is 2.24 bits per heavy atom. The van der Waals surface area contributed by atoms with E-state index >= 15 is 0 Å². The van der Waals surface area contributed by atoms with Gasteiger partial charge in [0, 0.05) is 4.47 Å². The van der Waals surface area contributed by atoms with Crippen molar-refractivity contribution in [3.05, 3.63) is 33.8 Å². The monoisotopic (exact) mass is 333 g/mol. The molecule has 0 radical (unpaired) electrons. The third-order valence-electron chi connectivity index (χ3n) is 2.15. The summed E-state index contributed by atoms with van der Waals surface area (Å²) >= 11 is 2.99. The van der Waals surface area contributed by atoms with Crippen molar-refractivity contribution in [2.75, 3.05) is 0 Å². The summed E-state index contributed by atoms with van der Waals surface area (Å²) in [6, 6.07) is 2.55. The molecule has 0 aliphatic rings. The average molecular weight is 335 g/mol. The Hall–Kier alpha value is -0.300. The summed E-state index contributed by atoms with van der Waals surface area (Å²) in [6.07, 6.45) is -5.33. The molecule has 98 valence electrons. The van der Waals surface area contributed by atoms with Crippen molar-refractivity contribution in [2.24, 2.45) is 5.73 Å². The fraction of sp³-hybridized carbons (Fsp3) is 0.400. The summed E-state index contributed by atoms with van der Waals surface area (Å²) in [5.41, 5.74) is 5.04. The van der Waals surface area contributed by atoms with E-state index in [0.717, 1.165) is 12.1 Å². The summed E-state index contributed by atoms with van der Waals surface area (Å²) in [5.74, 6) is 0. The molecular weight excluding hydrogens is 322 g/mol. The van der Waals surface area contributed by atoms with E-state index in [9.17, 15) is 18.3 Å². The molecule has 0 aromatic heterocycles. The number of halogens is 5. The lowest BCUT2D eigenvalue weighted by Crippen LogP contribution is -2.23. The first kappa shape index (κ1) is 16.7. The van der Waals surface area contributed by atoms with E-state index < -0.39 is 23.9 Å². The van der Waals surface area contributed by atoms with Crippen LogP contribution < -0.4 is 5.73 Å². The Kier molecular flexibility index (Phi) is 5.93. The predicted octanol–water partition coefficient (Wildman–Crippen LogP) is 3.27. The molecule has 2 nitrogen and oxygen atoms in total. The molecule has 0 saturated carbocycles. The molecule has 0 fully saturated rings. The summed E-state index contributed by atoms with van der Waals surface area (Å²) in [5, 5.41) is 9.24. The highest BCUT2D eigenvalue weighted by molar-refractivity contribution is 9.10. The van der Waals surface area contributed by atoms with Gasteiger partial charge in [-0.05, 0) is 30.7 Å². The molecule has 0 spiro atoms. The standard InChI is InChI=1S/C10H11BrF3NO.ClH/c1-5(16)9(15)6-2-7(10(12,13)14)4-8(11)3-6;/h2-5,9,16H,15H2,1H3;1H/t5-,9-;/m0./s1. The van der Waals surface area contributed by atoms with E-state index in [-0.39, 0.29) is 22.4 Å². The zero-order valence-corrected chi connectivity index (χ0v) is 11.2. The van der Waals surface area contributed by atoms with Crippen LogP contribution in [0.25, 0.3) is 0 Å². The Labute approximate surface area is 112 Å². The first-order chi connectivity index (χ1) is 7.21. The highest BCUT2D eigenvalue weighted by atomic mass is 79.9. The molecule has 0 aliphatic carbocycles. The number of aliphatic hydroxyl groups excluding tert-OH is 1. The number of aliphatic hydroxyl groups is 1. The van der Waals surface area contributed by atoms with Crippen LogP contribution in [0.1, 0.15) is 24.1 Å². The van der Waals surface area contributed by atoms with Gasteiger partial charge < -0.3 is 10.8 Å². The van der Waals surface area contributed by atoms with Gasteiger partial charge in [-0.3, -0.25) is 0 Å². The number of nitrogens with two attached hydrogens (primary N) is 1. The van der Waals surface area contributed by atoms with Gasteiger partial charge in [0.15, 0.2) is 0 Å². The molecule has 0 saturated heterocycles. The summed E-state index contributed by atoms with van der Waals surface area (Å²) < 4.78 is 37.8. The van der Waals surface area contributed by atoms with Crippen molar-refractivity contribution in [2.45, 2.75) is 25.2 Å². The van der Waals surface area contributed by atoms with E-state index in [1.807, 2.05) is 0 Å². The predicted molar refractivity (Wildman–Crippen MR) is 65.0 cm³/mol. The van der Waals surface area contributed by atoms with E-state index in [1.54, 1.807) is 0 Å². The highest BCUT2D eigenvalue weighted by Gasteiger charge is 2.31. The number of alkyl halides is 3. The van der Waals surface area contributed by atoms with Crippen molar-refractivity contribution in [1.82, 2.24) is 0 Å². The van der Waals surface area contributed by atoms with E-state index in [0.29, 0.717) is 0 Å². The first-order valence-corrected chi connectivity index (χ1v) is 5.32. The lowest BCUT2D eigenvalue weighted by Gasteiger charge is -2.17. The average Bonchev–Trinajstić information content (AvgIpc) is 2.14. The molecule has 1 aromatic carbocycles. The van der Waals surface area contributed by atoms with Crippen molar-refractivity contribution < 1.29 is 18.3 Å². The molecule has 7 heteroatoms. The molecule has 1 aromatic rings. The van der Waals surface area contributed by atoms with Gasteiger partial charge in [-0.1, -0.05) is 15.9 Å². The Morgan fingerprint density at radius 2 is 1.82 bits per heavy atom. The second-order valence-corrected chi connectivity index (χ2v) is 4.45. The van der Waals surface area contributed by atoms with Gasteiger partial charge >= 0.3 is 6.18 Å². The van der Waals surface area contributed by atoms with Gasteiger partial charge in [-0.25, -0.2) is 0 Å². The topological polar surface area (TPSA) is 46.2 Å². The maximum Gasteiger partial charge on any atom is 0.416 e. The van der Waals surface area contributed by atoms with Crippen molar-refractivity contribution in [1.29, 1.82) is 0 Å². The lowest BCUT2D eigenvalue weighted by molar-refractivity contribution is -0.137. The van der Waals surface area contributed by atoms with Gasteiger partial charge in [-0.15, -0.1) is 12.4 Å². The summed E-state index contributed by atoms with van der Waals surface area (Å²) in [7, 11) is 0. The van der Waals surface area contributed by atoms with Gasteiger partial charge in [0.25, 0.3) is 0 Å². The lowest BCUT2D eigenvalue weighted by atomic mass is 10.0. The molecule has 0 heterocycles. The van der Waals surface area contributed by atoms with Crippen LogP contribution in [0.5, 0.6) is 0 Å². The Bertz CT molecular complexity index is 384. The zero-order valence-electron chi connectivity index (χ0n) is 8.83. The quantitative estimate of drug-likeness (QED) is 0.872. The second-order valence-electron chi connectivity index (χ2n) is 3.54. The van der Waals surface area contributed by atoms with Crippen molar-refractivity contribution in [3.8, 4) is 0 Å². The number of rotatable bonds is 2. The van der Waals surface area contributed by atoms with E-state index in [1.165, 1.54) is 13.0 Å². The Morgan fingerprint density at radius 1 is 1.29 bits per heavy atom. The van der Waals surface area contributed by atoms with Crippen molar-refractivity contribution in [3.63, 3.8) is 0 Å². The first-order valence-electron chi connectivity index (χ1n) is 4.53. The number of hydrogen-bond donors (Lipinski definition) is 2. The van der Waals surface area contributed by atoms with Gasteiger partial charge in [0.1, 0.15) is 0 Å². The van der Waals surface area contributed by atoms with Crippen LogP contribution in [0.3, 0.4) is 0 Å². The molecular formula is C10H12BrClF3NO. The molecule has 0 bridgehead atoms. The molecule has 2 atom stereocenters. The molecule has 0 amide bonds. The minimum Gasteiger partial charge on any atom is -0.391 e. The van der Waals surface area contributed by atoms with Crippen LogP contribution in [-0.4, -0.2) is 11.2 Å². The van der Waals surface area contributed by atoms with E-state index in [4.69, 9.17) is 5.73 Å². The molecule has 1 rings (SSSR count). The second kappa shape index (κ2) is 6.04. The van der Waals surface area contributed by atoms with Crippen LogP contribution in [0, 0.1) is 0 Å². The zero-order chi connectivity index (χ0) is 12.5. The summed E-state index contributed by atoms with van der Waals surface area (Å²) in [4.78, 5) is 0. The number of hydrogen-bond acceptors (Lipinski definition) is 2. The third kappa shape index (κ3) is 4.46. The van der Waals surface area contributed by atoms with Gasteiger partial charge in [0.05, 0.1) is 17.7 Å². The maximum atomic E-state index is 12.5. The molecule has 0 aliphatic heterocycles. The largest absolute Gasteiger partial charge is 0.416 e. The van der Waals surface area contributed by atoms with Crippen LogP contribution in [-0.2, 0) is 6.18 Å². The van der Waals surface area contributed by atoms with Gasteiger partial charge in [-0.2, -0.15) is 13.2 Å². The van der Waals surface area contributed by atoms with Crippen LogP contribution in [0.15, 0.2) is 22.7 Å². The SMILES string of the molecule is C[C@H](O)[C@H](N)c1cc(Br)cc(C(F)(F)F)c1.Cl. The molecule has 0 unspecified atom stereocenters. The minimum atomic E-state index is -4.42. The Balaban J connectivity index is 0.00000256. The number of benzene rings is 1. The normalized spacial score (nSPS) is 15.0. The molecule has 3 N–H and O–H groups in total. The van der Waals surface area contributed by atoms with E-state index in [2.05, 4.69) is 15.9 Å². The van der Waals surface area contributed by atoms with Crippen molar-refractivity contribution >= 4 is 28.3 Å². The fourth-order valence-electron chi connectivity index (χ4n) is 1.25. The van der Waals surface area contributed by atoms with Crippen LogP contribution in [0.2, 0.25) is 0 Å². The van der Waals surface area contributed by atoms with Crippen LogP contribution >= 0.6 is 28.3 Å².